The van der Waals surface area contributed by atoms with E-state index in [1.54, 1.807) is 0 Å². The van der Waals surface area contributed by atoms with Gasteiger partial charge in [0, 0.05) is 11.7 Å². The fraction of sp³-hybridized carbons (Fsp3) is 0.467. The van der Waals surface area contributed by atoms with Crippen molar-refractivity contribution >= 4 is 30.0 Å². The molecule has 0 unspecified atom stereocenters. The van der Waals surface area contributed by atoms with E-state index in [1.165, 1.54) is 18.4 Å². The Morgan fingerprint density at radius 1 is 1.20 bits per heavy atom. The van der Waals surface area contributed by atoms with Gasteiger partial charge in [0.1, 0.15) is 6.54 Å². The van der Waals surface area contributed by atoms with Crippen LogP contribution in [-0.4, -0.2) is 29.4 Å². The molecule has 1 aliphatic carbocycles. The Labute approximate surface area is 125 Å². The highest BCUT2D eigenvalue weighted by atomic mass is 35.5. The van der Waals surface area contributed by atoms with Crippen molar-refractivity contribution in [3.8, 4) is 0 Å². The summed E-state index contributed by atoms with van der Waals surface area (Å²) < 4.78 is 0. The van der Waals surface area contributed by atoms with Gasteiger partial charge in [0.15, 0.2) is 0 Å². The number of hydrogen-bond donors (Lipinski definition) is 1. The summed E-state index contributed by atoms with van der Waals surface area (Å²) in [4.78, 5) is 18.2. The Balaban J connectivity index is 0.00000147. The summed E-state index contributed by atoms with van der Waals surface area (Å²) in [5.74, 6) is 0.849. The number of guanidine groups is 1. The predicted octanol–water partition coefficient (Wildman–Crippen LogP) is 2.97. The topological polar surface area (TPSA) is 44.7 Å². The number of amides is 1. The number of aryl methyl sites for hydroxylation is 1. The van der Waals surface area contributed by atoms with Gasteiger partial charge >= 0.3 is 0 Å². The van der Waals surface area contributed by atoms with Gasteiger partial charge in [-0.3, -0.25) is 9.69 Å². The Kier molecular flexibility index (Phi) is 4.65. The maximum atomic E-state index is 12.0. The molecule has 1 aliphatic heterocycles. The lowest BCUT2D eigenvalue weighted by molar-refractivity contribution is -0.126. The second-order valence-corrected chi connectivity index (χ2v) is 5.33. The molecule has 1 aromatic carbocycles. The second kappa shape index (κ2) is 6.27. The van der Waals surface area contributed by atoms with E-state index in [0.29, 0.717) is 6.04 Å². The predicted molar refractivity (Wildman–Crippen MR) is 83.5 cm³/mol. The van der Waals surface area contributed by atoms with Crippen LogP contribution in [0, 0.1) is 6.92 Å². The third-order valence-corrected chi connectivity index (χ3v) is 3.86. The lowest BCUT2D eigenvalue weighted by Crippen LogP contribution is -2.43. The van der Waals surface area contributed by atoms with E-state index in [4.69, 9.17) is 0 Å². The van der Waals surface area contributed by atoms with Crippen LogP contribution in [0.4, 0.5) is 5.69 Å². The highest BCUT2D eigenvalue weighted by Gasteiger charge is 2.33. The van der Waals surface area contributed by atoms with Crippen molar-refractivity contribution in [1.82, 2.24) is 4.90 Å². The lowest BCUT2D eigenvalue weighted by atomic mass is 10.2. The van der Waals surface area contributed by atoms with E-state index < -0.39 is 0 Å². The number of anilines is 1. The quantitative estimate of drug-likeness (QED) is 0.911. The van der Waals surface area contributed by atoms with E-state index in [-0.39, 0.29) is 24.9 Å². The number of benzene rings is 1. The van der Waals surface area contributed by atoms with Crippen molar-refractivity contribution in [1.29, 1.82) is 0 Å². The first kappa shape index (κ1) is 14.9. The van der Waals surface area contributed by atoms with Gasteiger partial charge in [0.25, 0.3) is 5.91 Å². The average Bonchev–Trinajstić information content (AvgIpc) is 3.02. The van der Waals surface area contributed by atoms with Crippen molar-refractivity contribution in [2.24, 2.45) is 4.99 Å². The highest BCUT2D eigenvalue weighted by Crippen LogP contribution is 2.26. The molecule has 20 heavy (non-hydrogen) atoms. The number of nitrogens with one attached hydrogen (secondary N) is 1. The highest BCUT2D eigenvalue weighted by molar-refractivity contribution is 6.09. The van der Waals surface area contributed by atoms with Crippen LogP contribution in [-0.2, 0) is 4.79 Å². The van der Waals surface area contributed by atoms with Crippen molar-refractivity contribution in [2.75, 3.05) is 11.9 Å². The minimum absolute atomic E-state index is 0. The molecule has 0 bridgehead atoms. The smallest absolute Gasteiger partial charge is 0.251 e. The van der Waals surface area contributed by atoms with Gasteiger partial charge < -0.3 is 5.32 Å². The molecule has 1 fully saturated rings. The summed E-state index contributed by atoms with van der Waals surface area (Å²) in [7, 11) is 0. The van der Waals surface area contributed by atoms with E-state index >= 15 is 0 Å². The van der Waals surface area contributed by atoms with Crippen LogP contribution in [0.15, 0.2) is 29.3 Å². The summed E-state index contributed by atoms with van der Waals surface area (Å²) in [5, 5.41) is 3.28. The lowest BCUT2D eigenvalue weighted by Gasteiger charge is -2.25. The molecule has 1 heterocycles. The minimum Gasteiger partial charge on any atom is -0.326 e. The van der Waals surface area contributed by atoms with Gasteiger partial charge in [0.2, 0.25) is 5.96 Å². The summed E-state index contributed by atoms with van der Waals surface area (Å²) in [6.45, 7) is 2.34. The molecule has 0 radical (unpaired) electrons. The van der Waals surface area contributed by atoms with Crippen LogP contribution in [0.2, 0.25) is 0 Å². The molecule has 1 amide bonds. The molecule has 0 spiro atoms. The zero-order valence-electron chi connectivity index (χ0n) is 11.6. The van der Waals surface area contributed by atoms with E-state index in [1.807, 2.05) is 17.0 Å². The summed E-state index contributed by atoms with van der Waals surface area (Å²) in [6, 6.07) is 8.49. The number of carbonyl (C=O) groups excluding carboxylic acids is 1. The summed E-state index contributed by atoms with van der Waals surface area (Å²) in [5.41, 5.74) is 2.21. The third kappa shape index (κ3) is 2.96. The van der Waals surface area contributed by atoms with E-state index in [2.05, 4.69) is 29.4 Å². The number of aliphatic imine (C=N–C) groups is 1. The molecule has 4 nitrogen and oxygen atoms in total. The monoisotopic (exact) mass is 293 g/mol. The number of halogens is 1. The van der Waals surface area contributed by atoms with Crippen LogP contribution in [0.5, 0.6) is 0 Å². The first-order valence-electron chi connectivity index (χ1n) is 6.94. The SMILES string of the molecule is Cc1ccc(NC2=NCC(=O)N2C2CCCC2)cc1.Cl. The largest absolute Gasteiger partial charge is 0.326 e. The van der Waals surface area contributed by atoms with Crippen molar-refractivity contribution in [2.45, 2.75) is 38.6 Å². The third-order valence-electron chi connectivity index (χ3n) is 3.86. The molecule has 3 rings (SSSR count). The first-order valence-corrected chi connectivity index (χ1v) is 6.94. The van der Waals surface area contributed by atoms with Gasteiger partial charge in [0.05, 0.1) is 0 Å². The van der Waals surface area contributed by atoms with Crippen LogP contribution in [0.3, 0.4) is 0 Å². The van der Waals surface area contributed by atoms with Crippen LogP contribution >= 0.6 is 12.4 Å². The second-order valence-electron chi connectivity index (χ2n) is 5.33. The molecule has 1 N–H and O–H groups in total. The molecule has 108 valence electrons. The fourth-order valence-corrected chi connectivity index (χ4v) is 2.82. The van der Waals surface area contributed by atoms with E-state index in [9.17, 15) is 4.79 Å². The molecule has 2 aliphatic rings. The maximum absolute atomic E-state index is 12.0. The average molecular weight is 294 g/mol. The van der Waals surface area contributed by atoms with Gasteiger partial charge in [-0.2, -0.15) is 0 Å². The molecule has 0 atom stereocenters. The number of carbonyl (C=O) groups is 1. The molecule has 1 aromatic rings. The zero-order chi connectivity index (χ0) is 13.2. The fourth-order valence-electron chi connectivity index (χ4n) is 2.82. The molecule has 0 aromatic heterocycles. The first-order chi connectivity index (χ1) is 9.24. The minimum atomic E-state index is 0. The zero-order valence-corrected chi connectivity index (χ0v) is 12.4. The summed E-state index contributed by atoms with van der Waals surface area (Å²) in [6.07, 6.45) is 4.62. The Bertz CT molecular complexity index is 506. The van der Waals surface area contributed by atoms with Gasteiger partial charge in [-0.15, -0.1) is 12.4 Å². The maximum Gasteiger partial charge on any atom is 0.251 e. The Morgan fingerprint density at radius 3 is 2.50 bits per heavy atom. The molecule has 1 saturated carbocycles. The van der Waals surface area contributed by atoms with Gasteiger partial charge in [-0.05, 0) is 31.9 Å². The summed E-state index contributed by atoms with van der Waals surface area (Å²) >= 11 is 0. The van der Waals surface area contributed by atoms with Crippen LogP contribution < -0.4 is 5.32 Å². The molecule has 0 saturated heterocycles. The number of hydrogen-bond acceptors (Lipinski definition) is 3. The number of nitrogens with zero attached hydrogens (tertiary/aromatic N) is 2. The Hall–Kier alpha value is -1.55. The molecular weight excluding hydrogens is 274 g/mol. The van der Waals surface area contributed by atoms with Gasteiger partial charge in [-0.25, -0.2) is 4.99 Å². The van der Waals surface area contributed by atoms with Crippen LogP contribution in [0.1, 0.15) is 31.2 Å². The van der Waals surface area contributed by atoms with Crippen LogP contribution in [0.25, 0.3) is 0 Å². The number of rotatable bonds is 2. The molecule has 5 heteroatoms. The van der Waals surface area contributed by atoms with E-state index in [0.717, 1.165) is 24.5 Å². The normalized spacial score (nSPS) is 18.9. The van der Waals surface area contributed by atoms with Crippen molar-refractivity contribution < 1.29 is 4.79 Å². The Morgan fingerprint density at radius 2 is 1.85 bits per heavy atom. The standard InChI is InChI=1S/C15H19N3O.ClH/c1-11-6-8-12(9-7-11)17-15-16-10-14(19)18(15)13-4-2-3-5-13;/h6-9,13H,2-5,10H2,1H3,(H,16,17);1H. The van der Waals surface area contributed by atoms with Gasteiger partial charge in [-0.1, -0.05) is 30.5 Å². The van der Waals surface area contributed by atoms with Crippen molar-refractivity contribution in [3.63, 3.8) is 0 Å². The molecular formula is C15H20ClN3O. The van der Waals surface area contributed by atoms with Crippen molar-refractivity contribution in [3.05, 3.63) is 29.8 Å².